The monoisotopic (exact) mass is 190 g/mol. The lowest BCUT2D eigenvalue weighted by atomic mass is 10.2. The molecule has 0 saturated carbocycles. The van der Waals surface area contributed by atoms with Crippen LogP contribution in [0.25, 0.3) is 0 Å². The van der Waals surface area contributed by atoms with Crippen LogP contribution in [0.15, 0.2) is 0 Å². The van der Waals surface area contributed by atoms with Crippen molar-refractivity contribution >= 4 is 17.9 Å². The van der Waals surface area contributed by atoms with E-state index in [4.69, 9.17) is 5.73 Å². The Labute approximate surface area is 75.9 Å². The Kier molecular flexibility index (Phi) is 3.80. The van der Waals surface area contributed by atoms with Crippen LogP contribution in [0.3, 0.4) is 0 Å². The number of carbonyl (C=O) groups is 1. The van der Waals surface area contributed by atoms with Crippen molar-refractivity contribution in [2.45, 2.75) is 18.2 Å². The highest BCUT2D eigenvalue weighted by Crippen LogP contribution is 2.15. The van der Waals surface area contributed by atoms with Gasteiger partial charge in [0.2, 0.25) is 5.91 Å². The summed E-state index contributed by atoms with van der Waals surface area (Å²) in [6, 6.07) is 0.160. The van der Waals surface area contributed by atoms with Gasteiger partial charge in [0.1, 0.15) is 5.25 Å². The molecule has 70 valence electrons. The van der Waals surface area contributed by atoms with Gasteiger partial charge < -0.3 is 11.1 Å². The fourth-order valence-corrected chi connectivity index (χ4v) is 1.79. The smallest absolute Gasteiger partial charge is 0.236 e. The first-order valence-electron chi connectivity index (χ1n) is 3.89. The van der Waals surface area contributed by atoms with Gasteiger partial charge in [-0.05, 0) is 6.92 Å². The van der Waals surface area contributed by atoms with E-state index < -0.39 is 0 Å². The molecule has 1 amide bonds. The molecule has 0 aliphatic carbocycles. The predicted octanol–water partition coefficient (Wildman–Crippen LogP) is -1.43. The summed E-state index contributed by atoms with van der Waals surface area (Å²) in [7, 11) is 0. The number of carbonyl (C=O) groups excluding carboxylic acids is 1. The van der Waals surface area contributed by atoms with E-state index in [0.29, 0.717) is 13.1 Å². The summed E-state index contributed by atoms with van der Waals surface area (Å²) in [4.78, 5) is 14.2. The van der Waals surface area contributed by atoms with Gasteiger partial charge in [-0.15, -0.1) is 0 Å². The van der Waals surface area contributed by atoms with Gasteiger partial charge in [0.05, 0.1) is 0 Å². The molecule has 0 aromatic heterocycles. The van der Waals surface area contributed by atoms with Gasteiger partial charge in [0, 0.05) is 19.1 Å². The second-order valence-electron chi connectivity index (χ2n) is 2.65. The molecule has 1 rings (SSSR count). The number of nitrogens with two attached hydrogens (primary N) is 1. The van der Waals surface area contributed by atoms with Crippen LogP contribution in [0.5, 0.6) is 0 Å². The quantitative estimate of drug-likeness (QED) is 0.411. The molecule has 0 radical (unpaired) electrons. The Bertz CT molecular complexity index is 166. The summed E-state index contributed by atoms with van der Waals surface area (Å²) in [5.41, 5.74) is 8.21. The molecule has 1 aliphatic heterocycles. The van der Waals surface area contributed by atoms with Crippen LogP contribution < -0.4 is 21.3 Å². The summed E-state index contributed by atoms with van der Waals surface area (Å²) < 4.78 is 0. The second-order valence-corrected chi connectivity index (χ2v) is 3.60. The van der Waals surface area contributed by atoms with E-state index in [-0.39, 0.29) is 17.2 Å². The van der Waals surface area contributed by atoms with Crippen molar-refractivity contribution in [3.8, 4) is 0 Å². The number of amides is 1. The maximum Gasteiger partial charge on any atom is 0.236 e. The lowest BCUT2D eigenvalue weighted by Gasteiger charge is -2.11. The van der Waals surface area contributed by atoms with Crippen molar-refractivity contribution in [2.75, 3.05) is 13.1 Å². The number of hydrazine groups is 1. The number of rotatable bonds is 3. The van der Waals surface area contributed by atoms with E-state index >= 15 is 0 Å². The van der Waals surface area contributed by atoms with Crippen LogP contribution in [0, 0.1) is 0 Å². The van der Waals surface area contributed by atoms with Gasteiger partial charge in [0.25, 0.3) is 0 Å². The normalized spacial score (nSPS) is 28.8. The first-order valence-corrected chi connectivity index (χ1v) is 4.77. The van der Waals surface area contributed by atoms with Gasteiger partial charge in [0.15, 0.2) is 0 Å². The third-order valence-corrected chi connectivity index (χ3v) is 2.74. The molecule has 2 unspecified atom stereocenters. The lowest BCUT2D eigenvalue weighted by molar-refractivity contribution is -0.120. The van der Waals surface area contributed by atoms with E-state index in [1.165, 1.54) is 11.9 Å². The summed E-state index contributed by atoms with van der Waals surface area (Å²) >= 11 is 1.40. The molecular formula is C6H14N4OS. The van der Waals surface area contributed by atoms with E-state index in [1.54, 1.807) is 0 Å². The molecule has 1 aliphatic rings. The first kappa shape index (κ1) is 9.79. The number of nitrogens with one attached hydrogen (secondary N) is 3. The molecule has 1 heterocycles. The van der Waals surface area contributed by atoms with Crippen LogP contribution in [0.1, 0.15) is 6.92 Å². The van der Waals surface area contributed by atoms with Gasteiger partial charge in [-0.25, -0.2) is 10.3 Å². The fraction of sp³-hybridized carbons (Fsp3) is 0.833. The minimum absolute atomic E-state index is 0.0375. The van der Waals surface area contributed by atoms with Gasteiger partial charge in [-0.2, -0.15) is 0 Å². The average molecular weight is 190 g/mol. The van der Waals surface area contributed by atoms with E-state index in [0.717, 1.165) is 0 Å². The summed E-state index contributed by atoms with van der Waals surface area (Å²) in [6.07, 6.45) is 0. The van der Waals surface area contributed by atoms with Crippen LogP contribution in [-0.2, 0) is 4.79 Å². The van der Waals surface area contributed by atoms with Crippen molar-refractivity contribution in [1.82, 2.24) is 15.6 Å². The topological polar surface area (TPSA) is 79.2 Å². The first-order chi connectivity index (χ1) is 5.75. The Balaban J connectivity index is 2.30. The van der Waals surface area contributed by atoms with Crippen LogP contribution >= 0.6 is 11.9 Å². The molecule has 2 atom stereocenters. The minimum atomic E-state index is -0.0588. The molecular weight excluding hydrogens is 176 g/mol. The predicted molar refractivity (Wildman–Crippen MR) is 49.2 cm³/mol. The Hall–Kier alpha value is -0.300. The Morgan fingerprint density at radius 2 is 2.50 bits per heavy atom. The third-order valence-electron chi connectivity index (χ3n) is 1.63. The summed E-state index contributed by atoms with van der Waals surface area (Å²) in [5.74, 6) is 0.0375. The molecule has 0 aromatic rings. The third kappa shape index (κ3) is 2.34. The van der Waals surface area contributed by atoms with Crippen molar-refractivity contribution in [3.05, 3.63) is 0 Å². The van der Waals surface area contributed by atoms with Crippen LogP contribution in [0.2, 0.25) is 0 Å². The maximum absolute atomic E-state index is 11.3. The zero-order chi connectivity index (χ0) is 8.97. The molecule has 1 fully saturated rings. The summed E-state index contributed by atoms with van der Waals surface area (Å²) in [6.45, 7) is 2.99. The summed E-state index contributed by atoms with van der Waals surface area (Å²) in [5, 5.41) is 2.68. The van der Waals surface area contributed by atoms with E-state index in [2.05, 4.69) is 15.6 Å². The van der Waals surface area contributed by atoms with Crippen molar-refractivity contribution in [3.63, 3.8) is 0 Å². The number of hydrogen-bond acceptors (Lipinski definition) is 5. The molecule has 0 spiro atoms. The standard InChI is InChI=1S/C6H14N4OS/c1-4-5(12-10-9-4)6(11)8-3-2-7/h4-5,9-10H,2-3,7H2,1H3,(H,8,11). The Morgan fingerprint density at radius 1 is 1.75 bits per heavy atom. The highest BCUT2D eigenvalue weighted by molar-refractivity contribution is 7.99. The van der Waals surface area contributed by atoms with E-state index in [1.807, 2.05) is 6.92 Å². The Morgan fingerprint density at radius 3 is 3.00 bits per heavy atom. The van der Waals surface area contributed by atoms with Crippen LogP contribution in [-0.4, -0.2) is 30.3 Å². The van der Waals surface area contributed by atoms with Crippen molar-refractivity contribution in [2.24, 2.45) is 5.73 Å². The van der Waals surface area contributed by atoms with Gasteiger partial charge >= 0.3 is 0 Å². The SMILES string of the molecule is CC1NNSC1C(=O)NCCN. The van der Waals surface area contributed by atoms with Gasteiger partial charge in [-0.3, -0.25) is 4.79 Å². The molecule has 12 heavy (non-hydrogen) atoms. The lowest BCUT2D eigenvalue weighted by Crippen LogP contribution is -2.41. The highest BCUT2D eigenvalue weighted by Gasteiger charge is 2.29. The average Bonchev–Trinajstić information content (AvgIpc) is 2.47. The van der Waals surface area contributed by atoms with E-state index in [9.17, 15) is 4.79 Å². The largest absolute Gasteiger partial charge is 0.354 e. The zero-order valence-corrected chi connectivity index (χ0v) is 7.78. The van der Waals surface area contributed by atoms with Crippen molar-refractivity contribution in [1.29, 1.82) is 0 Å². The van der Waals surface area contributed by atoms with Gasteiger partial charge in [-0.1, -0.05) is 11.9 Å². The molecule has 0 aromatic carbocycles. The molecule has 6 heteroatoms. The van der Waals surface area contributed by atoms with Crippen LogP contribution in [0.4, 0.5) is 0 Å². The molecule has 5 N–H and O–H groups in total. The minimum Gasteiger partial charge on any atom is -0.354 e. The molecule has 0 bridgehead atoms. The van der Waals surface area contributed by atoms with Crippen molar-refractivity contribution < 1.29 is 4.79 Å². The fourth-order valence-electron chi connectivity index (χ4n) is 0.945. The maximum atomic E-state index is 11.3. The zero-order valence-electron chi connectivity index (χ0n) is 6.96. The second kappa shape index (κ2) is 4.66. The highest BCUT2D eigenvalue weighted by atomic mass is 32.2. The molecule has 5 nitrogen and oxygen atoms in total. The number of hydrogen-bond donors (Lipinski definition) is 4. The molecule has 1 saturated heterocycles.